The van der Waals surface area contributed by atoms with Gasteiger partial charge in [0.1, 0.15) is 0 Å². The van der Waals surface area contributed by atoms with Gasteiger partial charge in [0.2, 0.25) is 5.95 Å². The third kappa shape index (κ3) is 1.84. The molecule has 0 amide bonds. The first-order chi connectivity index (χ1) is 4.83. The average molecular weight is 158 g/mol. The summed E-state index contributed by atoms with van der Waals surface area (Å²) >= 11 is 5.56. The molecule has 0 aliphatic carbocycles. The summed E-state index contributed by atoms with van der Waals surface area (Å²) < 4.78 is 0. The number of hydrogen-bond donors (Lipinski definition) is 1. The van der Waals surface area contributed by atoms with E-state index in [1.54, 1.807) is 12.4 Å². The molecule has 0 aliphatic heterocycles. The van der Waals surface area contributed by atoms with Crippen LogP contribution >= 0.6 is 11.6 Å². The van der Waals surface area contributed by atoms with Gasteiger partial charge in [0.05, 0.1) is 17.4 Å². The fraction of sp³-hybridized carbons (Fsp3) is 0.333. The molecule has 0 bridgehead atoms. The van der Waals surface area contributed by atoms with Crippen molar-refractivity contribution in [3.8, 4) is 0 Å². The molecule has 10 heavy (non-hydrogen) atoms. The molecule has 0 unspecified atom stereocenters. The van der Waals surface area contributed by atoms with E-state index in [-0.39, 0.29) is 0 Å². The second kappa shape index (κ2) is 3.37. The first-order valence-electron chi connectivity index (χ1n) is 3.04. The van der Waals surface area contributed by atoms with Crippen LogP contribution in [0.2, 0.25) is 5.02 Å². The second-order valence-electron chi connectivity index (χ2n) is 1.76. The standard InChI is InChI=1S/C6H8ClN3/c1-2-8-6-9-3-5(7)4-10-6/h3-4H,2H2,1H3,(H,8,9,10). The summed E-state index contributed by atoms with van der Waals surface area (Å²) in [5.74, 6) is 0.618. The zero-order valence-electron chi connectivity index (χ0n) is 5.63. The van der Waals surface area contributed by atoms with Crippen LogP contribution in [0.25, 0.3) is 0 Å². The van der Waals surface area contributed by atoms with Gasteiger partial charge < -0.3 is 5.32 Å². The zero-order chi connectivity index (χ0) is 7.40. The van der Waals surface area contributed by atoms with Gasteiger partial charge in [-0.15, -0.1) is 0 Å². The van der Waals surface area contributed by atoms with Crippen molar-refractivity contribution in [2.75, 3.05) is 11.9 Å². The molecule has 1 aromatic heterocycles. The molecule has 0 aromatic carbocycles. The van der Waals surface area contributed by atoms with Crippen molar-refractivity contribution in [3.63, 3.8) is 0 Å². The Morgan fingerprint density at radius 3 is 2.60 bits per heavy atom. The minimum absolute atomic E-state index is 0.557. The van der Waals surface area contributed by atoms with Gasteiger partial charge in [-0.25, -0.2) is 9.97 Å². The highest BCUT2D eigenvalue weighted by Gasteiger charge is 1.90. The predicted molar refractivity (Wildman–Crippen MR) is 41.2 cm³/mol. The summed E-state index contributed by atoms with van der Waals surface area (Å²) in [6, 6.07) is 0. The maximum Gasteiger partial charge on any atom is 0.222 e. The molecule has 0 radical (unpaired) electrons. The van der Waals surface area contributed by atoms with E-state index in [9.17, 15) is 0 Å². The molecule has 1 aromatic rings. The lowest BCUT2D eigenvalue weighted by Gasteiger charge is -1.97. The summed E-state index contributed by atoms with van der Waals surface area (Å²) in [7, 11) is 0. The number of aromatic nitrogens is 2. The van der Waals surface area contributed by atoms with E-state index >= 15 is 0 Å². The molecule has 0 saturated carbocycles. The van der Waals surface area contributed by atoms with Crippen LogP contribution in [0.5, 0.6) is 0 Å². The molecule has 4 heteroatoms. The van der Waals surface area contributed by atoms with E-state index in [1.165, 1.54) is 0 Å². The highest BCUT2D eigenvalue weighted by atomic mass is 35.5. The van der Waals surface area contributed by atoms with E-state index in [1.807, 2.05) is 6.92 Å². The zero-order valence-corrected chi connectivity index (χ0v) is 6.39. The topological polar surface area (TPSA) is 37.8 Å². The Balaban J connectivity index is 2.69. The minimum Gasteiger partial charge on any atom is -0.355 e. The predicted octanol–water partition coefficient (Wildman–Crippen LogP) is 1.56. The van der Waals surface area contributed by atoms with Gasteiger partial charge >= 0.3 is 0 Å². The van der Waals surface area contributed by atoms with Crippen molar-refractivity contribution >= 4 is 17.5 Å². The van der Waals surface area contributed by atoms with Crippen molar-refractivity contribution in [2.45, 2.75) is 6.92 Å². The van der Waals surface area contributed by atoms with Crippen LogP contribution < -0.4 is 5.32 Å². The Labute approximate surface area is 64.5 Å². The summed E-state index contributed by atoms with van der Waals surface area (Å²) in [6.07, 6.45) is 3.12. The van der Waals surface area contributed by atoms with Gasteiger partial charge in [-0.05, 0) is 6.92 Å². The fourth-order valence-corrected chi connectivity index (χ4v) is 0.659. The smallest absolute Gasteiger partial charge is 0.222 e. The lowest BCUT2D eigenvalue weighted by molar-refractivity contribution is 1.08. The Morgan fingerprint density at radius 1 is 1.50 bits per heavy atom. The van der Waals surface area contributed by atoms with Gasteiger partial charge in [-0.3, -0.25) is 0 Å². The molecule has 1 rings (SSSR count). The first kappa shape index (κ1) is 7.28. The largest absolute Gasteiger partial charge is 0.355 e. The maximum atomic E-state index is 5.56. The molecule has 1 heterocycles. The van der Waals surface area contributed by atoms with E-state index in [2.05, 4.69) is 15.3 Å². The van der Waals surface area contributed by atoms with E-state index in [4.69, 9.17) is 11.6 Å². The Kier molecular flexibility index (Phi) is 2.45. The lowest BCUT2D eigenvalue weighted by Crippen LogP contribution is -2.00. The molecule has 0 fully saturated rings. The number of nitrogens with zero attached hydrogens (tertiary/aromatic N) is 2. The summed E-state index contributed by atoms with van der Waals surface area (Å²) in [4.78, 5) is 7.83. The third-order valence-electron chi connectivity index (χ3n) is 0.955. The van der Waals surface area contributed by atoms with Crippen LogP contribution in [0.1, 0.15) is 6.92 Å². The van der Waals surface area contributed by atoms with Crippen LogP contribution in [0.3, 0.4) is 0 Å². The molecular weight excluding hydrogens is 150 g/mol. The van der Waals surface area contributed by atoms with Crippen molar-refractivity contribution < 1.29 is 0 Å². The monoisotopic (exact) mass is 157 g/mol. The van der Waals surface area contributed by atoms with Crippen molar-refractivity contribution in [3.05, 3.63) is 17.4 Å². The molecule has 0 spiro atoms. The number of nitrogens with one attached hydrogen (secondary N) is 1. The lowest BCUT2D eigenvalue weighted by atomic mass is 10.6. The number of rotatable bonds is 2. The highest BCUT2D eigenvalue weighted by molar-refractivity contribution is 6.30. The molecule has 0 aliphatic rings. The SMILES string of the molecule is CCNc1ncc(Cl)cn1. The van der Waals surface area contributed by atoms with E-state index < -0.39 is 0 Å². The van der Waals surface area contributed by atoms with Gasteiger partial charge in [0.15, 0.2) is 0 Å². The fourth-order valence-electron chi connectivity index (χ4n) is 0.562. The molecule has 3 nitrogen and oxygen atoms in total. The van der Waals surface area contributed by atoms with Gasteiger partial charge in [0, 0.05) is 6.54 Å². The van der Waals surface area contributed by atoms with E-state index in [0.717, 1.165) is 6.54 Å². The van der Waals surface area contributed by atoms with Crippen LogP contribution in [0, 0.1) is 0 Å². The molecule has 54 valence electrons. The Bertz CT molecular complexity index is 197. The van der Waals surface area contributed by atoms with Crippen molar-refractivity contribution in [2.24, 2.45) is 0 Å². The third-order valence-corrected chi connectivity index (χ3v) is 1.15. The van der Waals surface area contributed by atoms with Gasteiger partial charge in [-0.2, -0.15) is 0 Å². The molecule has 1 N–H and O–H groups in total. The van der Waals surface area contributed by atoms with Gasteiger partial charge in [-0.1, -0.05) is 11.6 Å². The van der Waals surface area contributed by atoms with E-state index in [0.29, 0.717) is 11.0 Å². The normalized spacial score (nSPS) is 9.40. The molecule has 0 saturated heterocycles. The Morgan fingerprint density at radius 2 is 2.10 bits per heavy atom. The number of halogens is 1. The molecular formula is C6H8ClN3. The van der Waals surface area contributed by atoms with Crippen LogP contribution in [0.4, 0.5) is 5.95 Å². The van der Waals surface area contributed by atoms with Gasteiger partial charge in [0.25, 0.3) is 0 Å². The quantitative estimate of drug-likeness (QED) is 0.708. The number of hydrogen-bond acceptors (Lipinski definition) is 3. The van der Waals surface area contributed by atoms with Crippen LogP contribution in [-0.4, -0.2) is 16.5 Å². The van der Waals surface area contributed by atoms with Crippen LogP contribution in [0.15, 0.2) is 12.4 Å². The highest BCUT2D eigenvalue weighted by Crippen LogP contribution is 2.04. The Hall–Kier alpha value is -0.830. The molecule has 0 atom stereocenters. The number of anilines is 1. The second-order valence-corrected chi connectivity index (χ2v) is 2.19. The maximum absolute atomic E-state index is 5.56. The average Bonchev–Trinajstić information content (AvgIpc) is 1.95. The summed E-state index contributed by atoms with van der Waals surface area (Å²) in [6.45, 7) is 2.81. The first-order valence-corrected chi connectivity index (χ1v) is 3.42. The van der Waals surface area contributed by atoms with Crippen molar-refractivity contribution in [1.29, 1.82) is 0 Å². The summed E-state index contributed by atoms with van der Waals surface area (Å²) in [5, 5.41) is 3.51. The minimum atomic E-state index is 0.557. The van der Waals surface area contributed by atoms with Crippen molar-refractivity contribution in [1.82, 2.24) is 9.97 Å². The summed E-state index contributed by atoms with van der Waals surface area (Å²) in [5.41, 5.74) is 0. The van der Waals surface area contributed by atoms with Crippen LogP contribution in [-0.2, 0) is 0 Å².